The Bertz CT molecular complexity index is 1340. The lowest BCUT2D eigenvalue weighted by atomic mass is 9.72. The van der Waals surface area contributed by atoms with Crippen molar-refractivity contribution in [2.75, 3.05) is 13.1 Å². The highest BCUT2D eigenvalue weighted by Crippen LogP contribution is 2.41. The van der Waals surface area contributed by atoms with E-state index in [1.54, 1.807) is 6.07 Å². The molecule has 0 heterocycles. The van der Waals surface area contributed by atoms with Crippen LogP contribution in [0.25, 0.3) is 10.8 Å². The predicted octanol–water partition coefficient (Wildman–Crippen LogP) is 6.76. The second-order valence-electron chi connectivity index (χ2n) is 9.81. The van der Waals surface area contributed by atoms with E-state index >= 15 is 0 Å². The zero-order valence-corrected chi connectivity index (χ0v) is 20.3. The Labute approximate surface area is 207 Å². The van der Waals surface area contributed by atoms with Gasteiger partial charge < -0.3 is 10.4 Å². The van der Waals surface area contributed by atoms with Crippen molar-refractivity contribution < 1.29 is 9.90 Å². The topological polar surface area (TPSA) is 49.3 Å². The second-order valence-corrected chi connectivity index (χ2v) is 9.81. The number of carbonyl (C=O) groups is 1. The standard InChI is InChI=1S/C32H33NO2/c1-22-27(14-7-15-28(22)32(34)35)31-21-23(20-26-9-3-5-13-30(26)31)16-18-33-19-17-25-11-6-10-24-8-2-4-12-29(24)25/h2-15,23,31,33H,16-21H2,1H3,(H,34,35)/t23-,31?/m0/s1. The molecule has 0 bridgehead atoms. The normalized spacial score (nSPS) is 17.3. The Morgan fingerprint density at radius 2 is 1.63 bits per heavy atom. The van der Waals surface area contributed by atoms with Crippen molar-refractivity contribution in [1.82, 2.24) is 5.32 Å². The Morgan fingerprint density at radius 3 is 2.51 bits per heavy atom. The van der Waals surface area contributed by atoms with Gasteiger partial charge in [0, 0.05) is 5.92 Å². The minimum atomic E-state index is -0.847. The summed E-state index contributed by atoms with van der Waals surface area (Å²) >= 11 is 0. The van der Waals surface area contributed by atoms with Gasteiger partial charge in [-0.05, 0) is 96.3 Å². The van der Waals surface area contributed by atoms with E-state index in [-0.39, 0.29) is 5.92 Å². The first-order valence-corrected chi connectivity index (χ1v) is 12.7. The number of benzene rings is 4. The molecule has 0 saturated carbocycles. The smallest absolute Gasteiger partial charge is 0.335 e. The van der Waals surface area contributed by atoms with E-state index in [1.807, 2.05) is 13.0 Å². The van der Waals surface area contributed by atoms with E-state index < -0.39 is 5.97 Å². The van der Waals surface area contributed by atoms with Gasteiger partial charge in [-0.3, -0.25) is 0 Å². The monoisotopic (exact) mass is 463 g/mol. The number of hydrogen-bond acceptors (Lipinski definition) is 2. The molecule has 1 unspecified atom stereocenters. The number of carboxylic acids is 1. The molecule has 0 saturated heterocycles. The maximum Gasteiger partial charge on any atom is 0.335 e. The predicted molar refractivity (Wildman–Crippen MR) is 143 cm³/mol. The van der Waals surface area contributed by atoms with E-state index in [4.69, 9.17) is 0 Å². The van der Waals surface area contributed by atoms with Crippen molar-refractivity contribution in [1.29, 1.82) is 0 Å². The molecule has 3 nitrogen and oxygen atoms in total. The molecule has 0 radical (unpaired) electrons. The number of aromatic carboxylic acids is 1. The van der Waals surface area contributed by atoms with Crippen molar-refractivity contribution in [2.45, 2.75) is 38.5 Å². The van der Waals surface area contributed by atoms with E-state index in [9.17, 15) is 9.90 Å². The summed E-state index contributed by atoms with van der Waals surface area (Å²) < 4.78 is 0. The Morgan fingerprint density at radius 1 is 0.886 bits per heavy atom. The average Bonchev–Trinajstić information content (AvgIpc) is 2.88. The van der Waals surface area contributed by atoms with Crippen LogP contribution in [0.5, 0.6) is 0 Å². The van der Waals surface area contributed by atoms with Gasteiger partial charge in [0.2, 0.25) is 0 Å². The zero-order chi connectivity index (χ0) is 24.2. The molecule has 35 heavy (non-hydrogen) atoms. The van der Waals surface area contributed by atoms with Gasteiger partial charge in [0.1, 0.15) is 0 Å². The summed E-state index contributed by atoms with van der Waals surface area (Å²) in [5.74, 6) is -0.0202. The molecule has 0 spiro atoms. The quantitative estimate of drug-likeness (QED) is 0.284. The number of rotatable bonds is 8. The van der Waals surface area contributed by atoms with Crippen LogP contribution in [0.3, 0.4) is 0 Å². The highest BCUT2D eigenvalue weighted by molar-refractivity contribution is 5.89. The highest BCUT2D eigenvalue weighted by Gasteiger charge is 2.29. The first kappa shape index (κ1) is 23.3. The van der Waals surface area contributed by atoms with Gasteiger partial charge in [-0.1, -0.05) is 78.9 Å². The SMILES string of the molecule is Cc1c(C(=O)O)cccc1C1C[C@@H](CCNCCc2cccc3ccccc23)Cc2ccccc21. The van der Waals surface area contributed by atoms with Crippen LogP contribution < -0.4 is 5.32 Å². The van der Waals surface area contributed by atoms with Crippen LogP contribution in [0.4, 0.5) is 0 Å². The molecule has 4 aromatic rings. The van der Waals surface area contributed by atoms with Crippen LogP contribution in [-0.4, -0.2) is 24.2 Å². The lowest BCUT2D eigenvalue weighted by Crippen LogP contribution is -2.26. The summed E-state index contributed by atoms with van der Waals surface area (Å²) in [5.41, 5.74) is 6.64. The molecule has 4 aromatic carbocycles. The molecule has 3 heteroatoms. The molecule has 0 fully saturated rings. The van der Waals surface area contributed by atoms with E-state index in [1.165, 1.54) is 27.5 Å². The minimum Gasteiger partial charge on any atom is -0.478 e. The molecular weight excluding hydrogens is 430 g/mol. The Kier molecular flexibility index (Phi) is 6.96. The molecule has 1 aliphatic rings. The van der Waals surface area contributed by atoms with Crippen molar-refractivity contribution in [3.63, 3.8) is 0 Å². The van der Waals surface area contributed by atoms with Crippen LogP contribution in [0, 0.1) is 12.8 Å². The Hall–Kier alpha value is -3.43. The molecule has 0 aromatic heterocycles. The van der Waals surface area contributed by atoms with E-state index in [0.29, 0.717) is 11.5 Å². The summed E-state index contributed by atoms with van der Waals surface area (Å²) in [7, 11) is 0. The van der Waals surface area contributed by atoms with Crippen molar-refractivity contribution in [3.8, 4) is 0 Å². The van der Waals surface area contributed by atoms with Crippen LogP contribution in [0.2, 0.25) is 0 Å². The summed E-state index contributed by atoms with van der Waals surface area (Å²) in [6, 6.07) is 29.6. The molecule has 1 aliphatic carbocycles. The van der Waals surface area contributed by atoms with Gasteiger partial charge in [0.25, 0.3) is 0 Å². The Balaban J connectivity index is 1.24. The summed E-state index contributed by atoms with van der Waals surface area (Å²) in [4.78, 5) is 11.7. The van der Waals surface area contributed by atoms with Gasteiger partial charge in [0.05, 0.1) is 5.56 Å². The third-order valence-electron chi connectivity index (χ3n) is 7.67. The lowest BCUT2D eigenvalue weighted by molar-refractivity contribution is 0.0696. The molecule has 178 valence electrons. The van der Waals surface area contributed by atoms with Gasteiger partial charge >= 0.3 is 5.97 Å². The summed E-state index contributed by atoms with van der Waals surface area (Å²) in [6.07, 6.45) is 4.30. The van der Waals surface area contributed by atoms with Crippen LogP contribution >= 0.6 is 0 Å². The van der Waals surface area contributed by atoms with Crippen molar-refractivity contribution in [2.24, 2.45) is 5.92 Å². The molecule has 2 atom stereocenters. The minimum absolute atomic E-state index is 0.250. The van der Waals surface area contributed by atoms with E-state index in [2.05, 4.69) is 78.1 Å². The second kappa shape index (κ2) is 10.5. The fourth-order valence-corrected chi connectivity index (χ4v) is 5.86. The molecule has 5 rings (SSSR count). The number of carboxylic acid groups (broad SMARTS) is 1. The van der Waals surface area contributed by atoms with Gasteiger partial charge in [-0.2, -0.15) is 0 Å². The van der Waals surface area contributed by atoms with Crippen molar-refractivity contribution in [3.05, 3.63) is 118 Å². The van der Waals surface area contributed by atoms with Crippen LogP contribution in [-0.2, 0) is 12.8 Å². The summed E-state index contributed by atoms with van der Waals surface area (Å²) in [5, 5.41) is 16.0. The lowest BCUT2D eigenvalue weighted by Gasteiger charge is -2.33. The maximum atomic E-state index is 11.7. The van der Waals surface area contributed by atoms with Gasteiger partial charge in [0.15, 0.2) is 0 Å². The maximum absolute atomic E-state index is 11.7. The number of nitrogens with one attached hydrogen (secondary N) is 1. The molecule has 0 amide bonds. The number of fused-ring (bicyclic) bond motifs is 2. The molecule has 2 N–H and O–H groups in total. The van der Waals surface area contributed by atoms with Gasteiger partial charge in [-0.15, -0.1) is 0 Å². The summed E-state index contributed by atoms with van der Waals surface area (Å²) in [6.45, 7) is 3.93. The third-order valence-corrected chi connectivity index (χ3v) is 7.67. The van der Waals surface area contributed by atoms with Gasteiger partial charge in [-0.25, -0.2) is 4.79 Å². The molecule has 0 aliphatic heterocycles. The van der Waals surface area contributed by atoms with E-state index in [0.717, 1.165) is 49.9 Å². The van der Waals surface area contributed by atoms with Crippen molar-refractivity contribution >= 4 is 16.7 Å². The number of hydrogen-bond donors (Lipinski definition) is 2. The largest absolute Gasteiger partial charge is 0.478 e. The fourth-order valence-electron chi connectivity index (χ4n) is 5.86. The van der Waals surface area contributed by atoms with Crippen LogP contribution in [0.1, 0.15) is 56.9 Å². The fraction of sp³-hybridized carbons (Fsp3) is 0.281. The molecular formula is C32H33NO2. The third kappa shape index (κ3) is 5.01. The van der Waals surface area contributed by atoms with Crippen LogP contribution in [0.15, 0.2) is 84.9 Å². The zero-order valence-electron chi connectivity index (χ0n) is 20.3. The first-order chi connectivity index (χ1) is 17.1. The first-order valence-electron chi connectivity index (χ1n) is 12.7. The average molecular weight is 464 g/mol. The highest BCUT2D eigenvalue weighted by atomic mass is 16.4.